The van der Waals surface area contributed by atoms with Crippen LogP contribution in [0.4, 0.5) is 5.69 Å². The molecule has 0 saturated heterocycles. The quantitative estimate of drug-likeness (QED) is 0.730. The summed E-state index contributed by atoms with van der Waals surface area (Å²) in [4.78, 5) is 4.46. The number of hydrogen-bond donors (Lipinski definition) is 1. The van der Waals surface area contributed by atoms with Crippen molar-refractivity contribution in [1.82, 2.24) is 10.1 Å². The van der Waals surface area contributed by atoms with Crippen molar-refractivity contribution < 1.29 is 4.52 Å². The van der Waals surface area contributed by atoms with Crippen molar-refractivity contribution >= 4 is 21.6 Å². The Kier molecular flexibility index (Phi) is 3.75. The first-order valence-electron chi connectivity index (χ1n) is 6.55. The molecule has 0 amide bonds. The number of nitrogens with zero attached hydrogens (tertiary/aromatic N) is 2. The number of benzene rings is 2. The van der Waals surface area contributed by atoms with E-state index >= 15 is 0 Å². The van der Waals surface area contributed by atoms with Gasteiger partial charge in [0.2, 0.25) is 11.7 Å². The molecule has 5 heteroatoms. The minimum atomic E-state index is 0.595. The molecule has 2 aromatic carbocycles. The van der Waals surface area contributed by atoms with Crippen LogP contribution in [-0.4, -0.2) is 10.1 Å². The number of aromatic nitrogens is 2. The average molecular weight is 344 g/mol. The van der Waals surface area contributed by atoms with Crippen LogP contribution in [0.5, 0.6) is 0 Å². The lowest BCUT2D eigenvalue weighted by atomic mass is 10.1. The molecule has 106 valence electrons. The van der Waals surface area contributed by atoms with Gasteiger partial charge in [0, 0.05) is 15.7 Å². The van der Waals surface area contributed by atoms with E-state index in [4.69, 9.17) is 10.3 Å². The van der Waals surface area contributed by atoms with Gasteiger partial charge in [0.25, 0.3) is 0 Å². The third-order valence-corrected chi connectivity index (χ3v) is 3.73. The van der Waals surface area contributed by atoms with Gasteiger partial charge >= 0.3 is 0 Å². The van der Waals surface area contributed by atoms with Crippen LogP contribution in [-0.2, 0) is 6.42 Å². The van der Waals surface area contributed by atoms with Gasteiger partial charge < -0.3 is 10.3 Å². The topological polar surface area (TPSA) is 64.9 Å². The average Bonchev–Trinajstić information content (AvgIpc) is 2.90. The number of anilines is 1. The zero-order valence-corrected chi connectivity index (χ0v) is 13.1. The van der Waals surface area contributed by atoms with Gasteiger partial charge in [-0.1, -0.05) is 33.2 Å². The Morgan fingerprint density at radius 1 is 1.14 bits per heavy atom. The van der Waals surface area contributed by atoms with Gasteiger partial charge in [0.15, 0.2) is 0 Å². The number of nitrogen functional groups attached to an aromatic ring is 1. The van der Waals surface area contributed by atoms with E-state index in [0.717, 1.165) is 26.9 Å². The number of rotatable bonds is 3. The molecule has 4 nitrogen and oxygen atoms in total. The van der Waals surface area contributed by atoms with Gasteiger partial charge in [-0.25, -0.2) is 0 Å². The Balaban J connectivity index is 1.84. The third kappa shape index (κ3) is 3.13. The molecule has 0 radical (unpaired) electrons. The van der Waals surface area contributed by atoms with Crippen molar-refractivity contribution in [2.24, 2.45) is 0 Å². The maximum absolute atomic E-state index is 5.67. The molecule has 2 N–H and O–H groups in total. The fourth-order valence-corrected chi connectivity index (χ4v) is 2.60. The maximum atomic E-state index is 5.67. The van der Waals surface area contributed by atoms with Crippen LogP contribution < -0.4 is 5.73 Å². The van der Waals surface area contributed by atoms with E-state index in [-0.39, 0.29) is 0 Å². The predicted octanol–water partition coefficient (Wildman–Crippen LogP) is 3.98. The molecule has 0 saturated carbocycles. The summed E-state index contributed by atoms with van der Waals surface area (Å²) in [5.41, 5.74) is 9.59. The zero-order chi connectivity index (χ0) is 14.8. The minimum Gasteiger partial charge on any atom is -0.399 e. The van der Waals surface area contributed by atoms with Crippen molar-refractivity contribution in [2.75, 3.05) is 5.73 Å². The van der Waals surface area contributed by atoms with Crippen LogP contribution in [0.15, 0.2) is 51.5 Å². The summed E-state index contributed by atoms with van der Waals surface area (Å²) in [5, 5.41) is 4.06. The molecule has 1 aromatic heterocycles. The van der Waals surface area contributed by atoms with E-state index < -0.39 is 0 Å². The Bertz CT molecular complexity index is 765. The van der Waals surface area contributed by atoms with Crippen LogP contribution in [0.1, 0.15) is 17.0 Å². The summed E-state index contributed by atoms with van der Waals surface area (Å²) in [7, 11) is 0. The molecule has 0 bridgehead atoms. The zero-order valence-electron chi connectivity index (χ0n) is 11.5. The lowest BCUT2D eigenvalue weighted by Crippen LogP contribution is -1.91. The first-order chi connectivity index (χ1) is 10.1. The van der Waals surface area contributed by atoms with E-state index in [2.05, 4.69) is 26.1 Å². The third-order valence-electron chi connectivity index (χ3n) is 3.23. The molecule has 21 heavy (non-hydrogen) atoms. The Hall–Kier alpha value is -2.14. The summed E-state index contributed by atoms with van der Waals surface area (Å²) < 4.78 is 6.37. The van der Waals surface area contributed by atoms with Crippen LogP contribution >= 0.6 is 15.9 Å². The summed E-state index contributed by atoms with van der Waals surface area (Å²) in [5.74, 6) is 1.21. The fraction of sp³-hybridized carbons (Fsp3) is 0.125. The number of hydrogen-bond acceptors (Lipinski definition) is 4. The van der Waals surface area contributed by atoms with Crippen LogP contribution in [0.2, 0.25) is 0 Å². The Labute approximate surface area is 131 Å². The normalized spacial score (nSPS) is 10.8. The largest absolute Gasteiger partial charge is 0.399 e. The molecular formula is C16H14BrN3O. The highest BCUT2D eigenvalue weighted by atomic mass is 79.9. The van der Waals surface area contributed by atoms with E-state index in [9.17, 15) is 0 Å². The molecule has 3 rings (SSSR count). The second-order valence-corrected chi connectivity index (χ2v) is 5.81. The molecule has 1 heterocycles. The van der Waals surface area contributed by atoms with E-state index in [1.54, 1.807) is 0 Å². The first-order valence-corrected chi connectivity index (χ1v) is 7.34. The number of halogens is 1. The lowest BCUT2D eigenvalue weighted by Gasteiger charge is -2.00. The van der Waals surface area contributed by atoms with Gasteiger partial charge in [0.1, 0.15) is 0 Å². The van der Waals surface area contributed by atoms with Crippen molar-refractivity contribution in [3.8, 4) is 11.4 Å². The Morgan fingerprint density at radius 3 is 2.62 bits per heavy atom. The molecule has 0 aliphatic carbocycles. The first kappa shape index (κ1) is 13.8. The molecule has 0 spiro atoms. The maximum Gasteiger partial charge on any atom is 0.231 e. The SMILES string of the molecule is Cc1cc(Br)ccc1-c1noc(Cc2ccc(N)cc2)n1. The van der Waals surface area contributed by atoms with Gasteiger partial charge in [0.05, 0.1) is 6.42 Å². The van der Waals surface area contributed by atoms with Crippen LogP contribution in [0, 0.1) is 6.92 Å². The molecule has 3 aromatic rings. The molecule has 0 unspecified atom stereocenters. The van der Waals surface area contributed by atoms with Crippen molar-refractivity contribution in [2.45, 2.75) is 13.3 Å². The predicted molar refractivity (Wildman–Crippen MR) is 85.8 cm³/mol. The molecular weight excluding hydrogens is 330 g/mol. The van der Waals surface area contributed by atoms with Crippen molar-refractivity contribution in [3.63, 3.8) is 0 Å². The second kappa shape index (κ2) is 5.69. The number of nitrogens with two attached hydrogens (primary N) is 1. The fourth-order valence-electron chi connectivity index (χ4n) is 2.12. The highest BCUT2D eigenvalue weighted by Gasteiger charge is 2.11. The highest BCUT2D eigenvalue weighted by Crippen LogP contribution is 2.24. The summed E-state index contributed by atoms with van der Waals surface area (Å²) >= 11 is 3.45. The van der Waals surface area contributed by atoms with E-state index in [1.807, 2.05) is 49.4 Å². The monoisotopic (exact) mass is 343 g/mol. The number of aryl methyl sites for hydroxylation is 1. The lowest BCUT2D eigenvalue weighted by molar-refractivity contribution is 0.385. The van der Waals surface area contributed by atoms with E-state index in [0.29, 0.717) is 18.1 Å². The van der Waals surface area contributed by atoms with Crippen molar-refractivity contribution in [3.05, 3.63) is 64.0 Å². The van der Waals surface area contributed by atoms with Crippen LogP contribution in [0.25, 0.3) is 11.4 Å². The summed E-state index contributed by atoms with van der Waals surface area (Å²) in [6, 6.07) is 13.6. The van der Waals surface area contributed by atoms with Crippen LogP contribution in [0.3, 0.4) is 0 Å². The van der Waals surface area contributed by atoms with Gasteiger partial charge in [-0.2, -0.15) is 4.98 Å². The summed E-state index contributed by atoms with van der Waals surface area (Å²) in [6.07, 6.45) is 0.600. The molecule has 0 atom stereocenters. The van der Waals surface area contributed by atoms with E-state index in [1.165, 1.54) is 0 Å². The minimum absolute atomic E-state index is 0.595. The smallest absolute Gasteiger partial charge is 0.231 e. The van der Waals surface area contributed by atoms with Gasteiger partial charge in [-0.05, 0) is 48.4 Å². The van der Waals surface area contributed by atoms with Gasteiger partial charge in [-0.15, -0.1) is 0 Å². The van der Waals surface area contributed by atoms with Crippen molar-refractivity contribution in [1.29, 1.82) is 0 Å². The second-order valence-electron chi connectivity index (χ2n) is 4.89. The summed E-state index contributed by atoms with van der Waals surface area (Å²) in [6.45, 7) is 2.02. The Morgan fingerprint density at radius 2 is 1.90 bits per heavy atom. The standard InChI is InChI=1S/C16H14BrN3O/c1-10-8-12(17)4-7-14(10)16-19-15(21-20-16)9-11-2-5-13(18)6-3-11/h2-8H,9,18H2,1H3. The molecule has 0 aliphatic heterocycles. The highest BCUT2D eigenvalue weighted by molar-refractivity contribution is 9.10. The molecule has 0 aliphatic rings. The molecule has 0 fully saturated rings. The van der Waals surface area contributed by atoms with Gasteiger partial charge in [-0.3, -0.25) is 0 Å².